The highest BCUT2D eigenvalue weighted by atomic mass is 16.5. The van der Waals surface area contributed by atoms with Gasteiger partial charge in [0.2, 0.25) is 5.91 Å². The van der Waals surface area contributed by atoms with Crippen molar-refractivity contribution in [1.29, 1.82) is 0 Å². The summed E-state index contributed by atoms with van der Waals surface area (Å²) in [5.74, 6) is -1.13. The van der Waals surface area contributed by atoms with Crippen LogP contribution in [0.5, 0.6) is 5.75 Å². The fourth-order valence-electron chi connectivity index (χ4n) is 2.39. The standard InChI is InChI=1S/C15H19NO4/c1-9-4-5-13(20-3)10(6-9)8-16(2)14(17)11-7-12(11)15(18)19/h4-6,11-12H,7-8H2,1-3H3,(H,18,19). The predicted molar refractivity (Wildman–Crippen MR) is 73.4 cm³/mol. The summed E-state index contributed by atoms with van der Waals surface area (Å²) >= 11 is 0. The molecule has 2 unspecified atom stereocenters. The average Bonchev–Trinajstić information content (AvgIpc) is 3.18. The fourth-order valence-corrected chi connectivity index (χ4v) is 2.39. The van der Waals surface area contributed by atoms with Crippen LogP contribution in [-0.4, -0.2) is 36.0 Å². The van der Waals surface area contributed by atoms with Crippen LogP contribution >= 0.6 is 0 Å². The summed E-state index contributed by atoms with van der Waals surface area (Å²) in [7, 11) is 3.29. The van der Waals surface area contributed by atoms with Gasteiger partial charge < -0.3 is 14.7 Å². The number of carbonyl (C=O) groups is 2. The molecule has 20 heavy (non-hydrogen) atoms. The van der Waals surface area contributed by atoms with Crippen LogP contribution in [0.15, 0.2) is 18.2 Å². The first kappa shape index (κ1) is 14.4. The number of hydrogen-bond donors (Lipinski definition) is 1. The lowest BCUT2D eigenvalue weighted by atomic mass is 10.1. The Morgan fingerprint density at radius 1 is 1.40 bits per heavy atom. The van der Waals surface area contributed by atoms with Crippen LogP contribution in [0, 0.1) is 18.8 Å². The number of carboxylic acid groups (broad SMARTS) is 1. The topological polar surface area (TPSA) is 66.8 Å². The molecule has 1 aliphatic rings. The van der Waals surface area contributed by atoms with Gasteiger partial charge >= 0.3 is 5.97 Å². The van der Waals surface area contributed by atoms with Crippen LogP contribution in [-0.2, 0) is 16.1 Å². The van der Waals surface area contributed by atoms with Gasteiger partial charge in [-0.25, -0.2) is 0 Å². The van der Waals surface area contributed by atoms with Gasteiger partial charge in [0.1, 0.15) is 5.75 Å². The van der Waals surface area contributed by atoms with Crippen molar-refractivity contribution in [3.8, 4) is 5.75 Å². The zero-order valence-corrected chi connectivity index (χ0v) is 11.9. The first-order chi connectivity index (χ1) is 9.43. The third kappa shape index (κ3) is 2.92. The van der Waals surface area contributed by atoms with Crippen LogP contribution in [0.3, 0.4) is 0 Å². The van der Waals surface area contributed by atoms with E-state index < -0.39 is 11.9 Å². The summed E-state index contributed by atoms with van der Waals surface area (Å²) in [6, 6.07) is 5.80. The second kappa shape index (κ2) is 5.53. The lowest BCUT2D eigenvalue weighted by molar-refractivity contribution is -0.141. The molecule has 0 radical (unpaired) electrons. The molecule has 2 rings (SSSR count). The molecule has 5 heteroatoms. The van der Waals surface area contributed by atoms with E-state index in [1.807, 2.05) is 25.1 Å². The minimum Gasteiger partial charge on any atom is -0.496 e. The van der Waals surface area contributed by atoms with Crippen molar-refractivity contribution in [3.05, 3.63) is 29.3 Å². The molecule has 0 saturated heterocycles. The minimum atomic E-state index is -0.884. The largest absolute Gasteiger partial charge is 0.496 e. The molecule has 1 saturated carbocycles. The lowest BCUT2D eigenvalue weighted by Gasteiger charge is -2.19. The number of carbonyl (C=O) groups excluding carboxylic acids is 1. The van der Waals surface area contributed by atoms with Crippen molar-refractivity contribution in [1.82, 2.24) is 4.90 Å². The van der Waals surface area contributed by atoms with Gasteiger partial charge in [-0.2, -0.15) is 0 Å². The van der Waals surface area contributed by atoms with E-state index in [4.69, 9.17) is 9.84 Å². The summed E-state index contributed by atoms with van der Waals surface area (Å²) < 4.78 is 5.28. The highest BCUT2D eigenvalue weighted by molar-refractivity contribution is 5.89. The molecular weight excluding hydrogens is 258 g/mol. The van der Waals surface area contributed by atoms with Gasteiger partial charge in [0.05, 0.1) is 18.9 Å². The van der Waals surface area contributed by atoms with Crippen LogP contribution in [0.2, 0.25) is 0 Å². The minimum absolute atomic E-state index is 0.110. The van der Waals surface area contributed by atoms with Gasteiger partial charge in [-0.15, -0.1) is 0 Å². The second-order valence-electron chi connectivity index (χ2n) is 5.30. The number of aryl methyl sites for hydroxylation is 1. The molecule has 2 atom stereocenters. The van der Waals surface area contributed by atoms with Crippen molar-refractivity contribution >= 4 is 11.9 Å². The normalized spacial score (nSPS) is 20.4. The summed E-state index contributed by atoms with van der Waals surface area (Å²) in [6.45, 7) is 2.40. The maximum absolute atomic E-state index is 12.1. The Balaban J connectivity index is 2.05. The molecule has 1 aromatic carbocycles. The molecule has 1 fully saturated rings. The van der Waals surface area contributed by atoms with Crippen LogP contribution in [0.25, 0.3) is 0 Å². The Morgan fingerprint density at radius 3 is 2.65 bits per heavy atom. The van der Waals surface area contributed by atoms with Crippen molar-refractivity contribution < 1.29 is 19.4 Å². The molecule has 108 valence electrons. The first-order valence-corrected chi connectivity index (χ1v) is 6.55. The molecule has 1 amide bonds. The molecule has 0 spiro atoms. The van der Waals surface area contributed by atoms with E-state index in [1.54, 1.807) is 19.1 Å². The Kier molecular flexibility index (Phi) is 3.97. The zero-order chi connectivity index (χ0) is 14.9. The highest BCUT2D eigenvalue weighted by Crippen LogP contribution is 2.40. The van der Waals surface area contributed by atoms with Crippen molar-refractivity contribution in [3.63, 3.8) is 0 Å². The Morgan fingerprint density at radius 2 is 2.10 bits per heavy atom. The molecule has 5 nitrogen and oxygen atoms in total. The van der Waals surface area contributed by atoms with E-state index in [0.29, 0.717) is 13.0 Å². The maximum Gasteiger partial charge on any atom is 0.307 e. The molecule has 0 aromatic heterocycles. The number of ether oxygens (including phenoxy) is 1. The zero-order valence-electron chi connectivity index (χ0n) is 11.9. The number of amides is 1. The number of hydrogen-bond acceptors (Lipinski definition) is 3. The number of nitrogens with zero attached hydrogens (tertiary/aromatic N) is 1. The number of methoxy groups -OCH3 is 1. The first-order valence-electron chi connectivity index (χ1n) is 6.55. The summed E-state index contributed by atoms with van der Waals surface area (Å²) in [5, 5.41) is 8.87. The molecular formula is C15H19NO4. The van der Waals surface area contributed by atoms with Crippen molar-refractivity contribution in [2.75, 3.05) is 14.2 Å². The third-order valence-corrected chi connectivity index (χ3v) is 3.64. The van der Waals surface area contributed by atoms with E-state index >= 15 is 0 Å². The fraction of sp³-hybridized carbons (Fsp3) is 0.467. The van der Waals surface area contributed by atoms with E-state index in [2.05, 4.69) is 0 Å². The molecule has 0 bridgehead atoms. The van der Waals surface area contributed by atoms with Crippen LogP contribution < -0.4 is 4.74 Å². The Hall–Kier alpha value is -2.04. The van der Waals surface area contributed by atoms with Crippen LogP contribution in [0.1, 0.15) is 17.5 Å². The Bertz CT molecular complexity index is 541. The summed E-state index contributed by atoms with van der Waals surface area (Å²) in [5.41, 5.74) is 2.02. The monoisotopic (exact) mass is 277 g/mol. The van der Waals surface area contributed by atoms with E-state index in [1.165, 1.54) is 0 Å². The number of rotatable bonds is 5. The van der Waals surface area contributed by atoms with Gasteiger partial charge in [0, 0.05) is 19.2 Å². The van der Waals surface area contributed by atoms with E-state index in [9.17, 15) is 9.59 Å². The smallest absolute Gasteiger partial charge is 0.307 e. The van der Waals surface area contributed by atoms with Crippen molar-refractivity contribution in [2.24, 2.45) is 11.8 Å². The van der Waals surface area contributed by atoms with Crippen molar-refractivity contribution in [2.45, 2.75) is 19.9 Å². The van der Waals surface area contributed by atoms with Gasteiger partial charge in [-0.3, -0.25) is 9.59 Å². The molecule has 1 aromatic rings. The highest BCUT2D eigenvalue weighted by Gasteiger charge is 2.49. The predicted octanol–water partition coefficient (Wildman–Crippen LogP) is 1.68. The number of benzene rings is 1. The SMILES string of the molecule is COc1ccc(C)cc1CN(C)C(=O)C1CC1C(=O)O. The molecule has 0 aliphatic heterocycles. The second-order valence-corrected chi connectivity index (χ2v) is 5.30. The molecule has 0 heterocycles. The van der Waals surface area contributed by atoms with Gasteiger partial charge in [-0.1, -0.05) is 17.7 Å². The molecule has 1 N–H and O–H groups in total. The maximum atomic E-state index is 12.1. The average molecular weight is 277 g/mol. The van der Waals surface area contributed by atoms with Gasteiger partial charge in [0.25, 0.3) is 0 Å². The quantitative estimate of drug-likeness (QED) is 0.889. The summed E-state index contributed by atoms with van der Waals surface area (Å²) in [4.78, 5) is 24.5. The van der Waals surface area contributed by atoms with E-state index in [0.717, 1.165) is 16.9 Å². The van der Waals surface area contributed by atoms with Crippen LogP contribution in [0.4, 0.5) is 0 Å². The third-order valence-electron chi connectivity index (χ3n) is 3.64. The van der Waals surface area contributed by atoms with Gasteiger partial charge in [0.15, 0.2) is 0 Å². The number of carboxylic acids is 1. The van der Waals surface area contributed by atoms with E-state index in [-0.39, 0.29) is 11.8 Å². The number of aliphatic carboxylic acids is 1. The summed E-state index contributed by atoms with van der Waals surface area (Å²) in [6.07, 6.45) is 0.448. The Labute approximate surface area is 118 Å². The lowest BCUT2D eigenvalue weighted by Crippen LogP contribution is -2.29. The molecule has 1 aliphatic carbocycles. The van der Waals surface area contributed by atoms with Gasteiger partial charge in [-0.05, 0) is 19.4 Å².